The van der Waals surface area contributed by atoms with E-state index in [0.717, 1.165) is 6.29 Å². The first-order valence-corrected chi connectivity index (χ1v) is 7.15. The molecule has 2 atom stereocenters. The molecule has 0 aliphatic carbocycles. The SMILES string of the molecule is CCC1(CC)OC[C@@H](CC=O)[C@@H](c2ccccc2F)O1. The van der Waals surface area contributed by atoms with E-state index in [1.807, 2.05) is 13.8 Å². The average Bonchev–Trinajstić information content (AvgIpc) is 2.49. The van der Waals surface area contributed by atoms with Gasteiger partial charge in [-0.3, -0.25) is 0 Å². The highest BCUT2D eigenvalue weighted by Gasteiger charge is 2.41. The molecule has 0 aromatic heterocycles. The van der Waals surface area contributed by atoms with Gasteiger partial charge in [-0.25, -0.2) is 4.39 Å². The third-order valence-electron chi connectivity index (χ3n) is 4.02. The Morgan fingerprint density at radius 2 is 2.05 bits per heavy atom. The van der Waals surface area contributed by atoms with Crippen LogP contribution < -0.4 is 0 Å². The van der Waals surface area contributed by atoms with Crippen LogP contribution in [0.1, 0.15) is 44.8 Å². The van der Waals surface area contributed by atoms with E-state index in [4.69, 9.17) is 9.47 Å². The van der Waals surface area contributed by atoms with E-state index in [1.54, 1.807) is 18.2 Å². The van der Waals surface area contributed by atoms with Crippen molar-refractivity contribution in [1.82, 2.24) is 0 Å². The lowest BCUT2D eigenvalue weighted by atomic mass is 9.91. The van der Waals surface area contributed by atoms with Gasteiger partial charge >= 0.3 is 0 Å². The van der Waals surface area contributed by atoms with E-state index >= 15 is 0 Å². The number of rotatable bonds is 5. The van der Waals surface area contributed by atoms with Gasteiger partial charge in [0.25, 0.3) is 0 Å². The van der Waals surface area contributed by atoms with Crippen molar-refractivity contribution in [2.24, 2.45) is 5.92 Å². The maximum atomic E-state index is 14.0. The van der Waals surface area contributed by atoms with Gasteiger partial charge in [0.05, 0.1) is 12.7 Å². The van der Waals surface area contributed by atoms with Crippen molar-refractivity contribution < 1.29 is 18.7 Å². The second kappa shape index (κ2) is 6.46. The van der Waals surface area contributed by atoms with Crippen LogP contribution in [0.15, 0.2) is 24.3 Å². The molecular weight excluding hydrogens is 259 g/mol. The van der Waals surface area contributed by atoms with Crippen molar-refractivity contribution in [2.75, 3.05) is 6.61 Å². The fourth-order valence-corrected chi connectivity index (χ4v) is 2.67. The molecule has 0 bridgehead atoms. The van der Waals surface area contributed by atoms with Gasteiger partial charge in [-0.2, -0.15) is 0 Å². The maximum Gasteiger partial charge on any atom is 0.168 e. The van der Waals surface area contributed by atoms with Crippen molar-refractivity contribution in [1.29, 1.82) is 0 Å². The van der Waals surface area contributed by atoms with Crippen LogP contribution >= 0.6 is 0 Å². The number of hydrogen-bond acceptors (Lipinski definition) is 3. The standard InChI is InChI=1S/C16H21FO3/c1-3-16(4-2)19-11-12(9-10-18)15(20-16)13-7-5-6-8-14(13)17/h5-8,10,12,15H,3-4,9,11H2,1-2H3/t12-,15+/m1/s1. The van der Waals surface area contributed by atoms with Crippen molar-refractivity contribution in [2.45, 2.75) is 45.0 Å². The summed E-state index contributed by atoms with van der Waals surface area (Å²) in [7, 11) is 0. The number of carbonyl (C=O) groups is 1. The number of benzene rings is 1. The maximum absolute atomic E-state index is 14.0. The lowest BCUT2D eigenvalue weighted by Gasteiger charge is -2.44. The molecule has 1 saturated heterocycles. The largest absolute Gasteiger partial charge is 0.350 e. The van der Waals surface area contributed by atoms with E-state index in [0.29, 0.717) is 31.4 Å². The number of hydrogen-bond donors (Lipinski definition) is 0. The zero-order valence-corrected chi connectivity index (χ0v) is 12.0. The molecule has 1 aromatic rings. The van der Waals surface area contributed by atoms with Gasteiger partial charge in [-0.05, 0) is 18.9 Å². The van der Waals surface area contributed by atoms with Crippen molar-refractivity contribution in [3.05, 3.63) is 35.6 Å². The molecule has 0 N–H and O–H groups in total. The molecule has 1 aromatic carbocycles. The highest BCUT2D eigenvalue weighted by Crippen LogP contribution is 2.41. The van der Waals surface area contributed by atoms with E-state index < -0.39 is 11.9 Å². The van der Waals surface area contributed by atoms with E-state index in [9.17, 15) is 9.18 Å². The van der Waals surface area contributed by atoms with Crippen LogP contribution in [0, 0.1) is 11.7 Å². The smallest absolute Gasteiger partial charge is 0.168 e. The van der Waals surface area contributed by atoms with E-state index in [-0.39, 0.29) is 11.7 Å². The number of carbonyl (C=O) groups excluding carboxylic acids is 1. The molecule has 2 rings (SSSR count). The fourth-order valence-electron chi connectivity index (χ4n) is 2.67. The average molecular weight is 280 g/mol. The summed E-state index contributed by atoms with van der Waals surface area (Å²) in [6.45, 7) is 4.39. The first-order chi connectivity index (χ1) is 9.65. The minimum atomic E-state index is -0.674. The molecule has 0 saturated carbocycles. The zero-order valence-electron chi connectivity index (χ0n) is 12.0. The molecule has 0 unspecified atom stereocenters. The van der Waals surface area contributed by atoms with Crippen LogP contribution in [0.3, 0.4) is 0 Å². The minimum Gasteiger partial charge on any atom is -0.350 e. The summed E-state index contributed by atoms with van der Waals surface area (Å²) in [5, 5.41) is 0. The summed E-state index contributed by atoms with van der Waals surface area (Å²) in [5.41, 5.74) is 0.508. The fraction of sp³-hybridized carbons (Fsp3) is 0.562. The minimum absolute atomic E-state index is 0.143. The molecule has 110 valence electrons. The third-order valence-corrected chi connectivity index (χ3v) is 4.02. The Morgan fingerprint density at radius 1 is 1.35 bits per heavy atom. The summed E-state index contributed by atoms with van der Waals surface area (Å²) in [4.78, 5) is 10.8. The molecule has 0 amide bonds. The molecule has 4 heteroatoms. The van der Waals surface area contributed by atoms with Crippen LogP contribution in [0.5, 0.6) is 0 Å². The van der Waals surface area contributed by atoms with Gasteiger partial charge in [-0.15, -0.1) is 0 Å². The second-order valence-electron chi connectivity index (χ2n) is 5.15. The lowest BCUT2D eigenvalue weighted by Crippen LogP contribution is -2.45. The Balaban J connectivity index is 2.32. The quantitative estimate of drug-likeness (QED) is 0.773. The van der Waals surface area contributed by atoms with Crippen LogP contribution in [0.4, 0.5) is 4.39 Å². The van der Waals surface area contributed by atoms with Crippen molar-refractivity contribution >= 4 is 6.29 Å². The van der Waals surface area contributed by atoms with Crippen LogP contribution in [-0.2, 0) is 14.3 Å². The summed E-state index contributed by atoms with van der Waals surface area (Å²) >= 11 is 0. The molecule has 1 heterocycles. The molecule has 1 aliphatic heterocycles. The Bertz CT molecular complexity index is 457. The molecule has 3 nitrogen and oxygen atoms in total. The van der Waals surface area contributed by atoms with Crippen molar-refractivity contribution in [3.8, 4) is 0 Å². The summed E-state index contributed by atoms with van der Waals surface area (Å²) < 4.78 is 25.9. The van der Waals surface area contributed by atoms with E-state index in [2.05, 4.69) is 0 Å². The highest BCUT2D eigenvalue weighted by molar-refractivity contribution is 5.50. The first kappa shape index (κ1) is 15.1. The Kier molecular flexibility index (Phi) is 4.89. The molecule has 0 spiro atoms. The normalized spacial score (nSPS) is 25.4. The first-order valence-electron chi connectivity index (χ1n) is 7.15. The van der Waals surface area contributed by atoms with Gasteiger partial charge in [0, 0.05) is 17.9 Å². The predicted octanol–water partition coefficient (Wildman–Crippen LogP) is 3.64. The molecule has 1 fully saturated rings. The van der Waals surface area contributed by atoms with Gasteiger partial charge in [-0.1, -0.05) is 32.0 Å². The Morgan fingerprint density at radius 3 is 2.65 bits per heavy atom. The monoisotopic (exact) mass is 280 g/mol. The van der Waals surface area contributed by atoms with Crippen molar-refractivity contribution in [3.63, 3.8) is 0 Å². The molecular formula is C16H21FO3. The molecule has 0 radical (unpaired) electrons. The Hall–Kier alpha value is -1.26. The summed E-state index contributed by atoms with van der Waals surface area (Å²) in [6.07, 6.45) is 2.11. The lowest BCUT2D eigenvalue weighted by molar-refractivity contribution is -0.316. The molecule has 20 heavy (non-hydrogen) atoms. The van der Waals surface area contributed by atoms with Crippen LogP contribution in [0.25, 0.3) is 0 Å². The molecule has 1 aliphatic rings. The topological polar surface area (TPSA) is 35.5 Å². The predicted molar refractivity (Wildman–Crippen MR) is 73.7 cm³/mol. The van der Waals surface area contributed by atoms with Gasteiger partial charge in [0.1, 0.15) is 12.1 Å². The van der Waals surface area contributed by atoms with Gasteiger partial charge < -0.3 is 14.3 Å². The zero-order chi connectivity index (χ0) is 14.6. The van der Waals surface area contributed by atoms with Gasteiger partial charge in [0.15, 0.2) is 5.79 Å². The summed E-state index contributed by atoms with van der Waals surface area (Å²) in [6, 6.07) is 6.58. The van der Waals surface area contributed by atoms with Crippen LogP contribution in [-0.4, -0.2) is 18.7 Å². The number of halogens is 1. The second-order valence-corrected chi connectivity index (χ2v) is 5.15. The third kappa shape index (κ3) is 2.91. The number of ether oxygens (including phenoxy) is 2. The Labute approximate surface area is 119 Å². The van der Waals surface area contributed by atoms with E-state index in [1.165, 1.54) is 6.07 Å². The summed E-state index contributed by atoms with van der Waals surface area (Å²) in [5.74, 6) is -1.11. The van der Waals surface area contributed by atoms with Crippen LogP contribution in [0.2, 0.25) is 0 Å². The van der Waals surface area contributed by atoms with Gasteiger partial charge in [0.2, 0.25) is 0 Å². The number of aldehydes is 1. The highest BCUT2D eigenvalue weighted by atomic mass is 19.1.